The lowest BCUT2D eigenvalue weighted by Gasteiger charge is -2.21. The minimum Gasteiger partial charge on any atom is -0.457 e. The fourth-order valence-electron chi connectivity index (χ4n) is 1.96. The molecule has 2 aromatic carbocycles. The van der Waals surface area contributed by atoms with Crippen LogP contribution in [0.25, 0.3) is 0 Å². The Morgan fingerprint density at radius 3 is 2.38 bits per heavy atom. The third-order valence-corrected chi connectivity index (χ3v) is 3.16. The van der Waals surface area contributed by atoms with Crippen LogP contribution in [0.1, 0.15) is 31.9 Å². The summed E-state index contributed by atoms with van der Waals surface area (Å²) in [6.07, 6.45) is 0. The molecular formula is C18H22FNO. The summed E-state index contributed by atoms with van der Waals surface area (Å²) >= 11 is 0. The van der Waals surface area contributed by atoms with E-state index in [1.165, 1.54) is 17.7 Å². The smallest absolute Gasteiger partial charge is 0.130 e. The SMILES string of the molecule is Cc1cc(Oc2cccc(F)c2)ccc1CNC(C)(C)C. The lowest BCUT2D eigenvalue weighted by molar-refractivity contribution is 0.423. The predicted molar refractivity (Wildman–Crippen MR) is 84.2 cm³/mol. The number of hydrogen-bond acceptors (Lipinski definition) is 2. The fourth-order valence-corrected chi connectivity index (χ4v) is 1.96. The van der Waals surface area contributed by atoms with E-state index in [9.17, 15) is 4.39 Å². The van der Waals surface area contributed by atoms with E-state index in [0.717, 1.165) is 17.9 Å². The summed E-state index contributed by atoms with van der Waals surface area (Å²) < 4.78 is 18.8. The maximum atomic E-state index is 13.1. The maximum Gasteiger partial charge on any atom is 0.130 e. The quantitative estimate of drug-likeness (QED) is 0.871. The fraction of sp³-hybridized carbons (Fsp3) is 0.333. The summed E-state index contributed by atoms with van der Waals surface area (Å²) in [5.41, 5.74) is 2.47. The first-order chi connectivity index (χ1) is 9.83. The van der Waals surface area contributed by atoms with Gasteiger partial charge in [-0.1, -0.05) is 12.1 Å². The molecule has 0 aromatic heterocycles. The van der Waals surface area contributed by atoms with Gasteiger partial charge in [-0.15, -0.1) is 0 Å². The summed E-state index contributed by atoms with van der Waals surface area (Å²) in [7, 11) is 0. The predicted octanol–water partition coefficient (Wildman–Crippen LogP) is 4.81. The molecule has 0 fully saturated rings. The molecule has 0 heterocycles. The van der Waals surface area contributed by atoms with Crippen molar-refractivity contribution in [1.82, 2.24) is 5.32 Å². The third-order valence-electron chi connectivity index (χ3n) is 3.16. The summed E-state index contributed by atoms with van der Waals surface area (Å²) in [6, 6.07) is 12.1. The van der Waals surface area contributed by atoms with Crippen LogP contribution in [0.5, 0.6) is 11.5 Å². The van der Waals surface area contributed by atoms with Crippen LogP contribution in [0.2, 0.25) is 0 Å². The highest BCUT2D eigenvalue weighted by molar-refractivity contribution is 5.38. The van der Waals surface area contributed by atoms with Gasteiger partial charge in [0, 0.05) is 18.2 Å². The Kier molecular flexibility index (Phi) is 4.63. The Hall–Kier alpha value is -1.87. The molecule has 0 unspecified atom stereocenters. The molecule has 0 aliphatic heterocycles. The Labute approximate surface area is 126 Å². The lowest BCUT2D eigenvalue weighted by Crippen LogP contribution is -2.35. The van der Waals surface area contributed by atoms with Crippen molar-refractivity contribution in [1.29, 1.82) is 0 Å². The van der Waals surface area contributed by atoms with Gasteiger partial charge in [-0.05, 0) is 63.1 Å². The highest BCUT2D eigenvalue weighted by Crippen LogP contribution is 2.24. The van der Waals surface area contributed by atoms with Gasteiger partial charge in [0.1, 0.15) is 17.3 Å². The van der Waals surface area contributed by atoms with E-state index in [-0.39, 0.29) is 11.4 Å². The molecule has 0 bridgehead atoms. The molecule has 0 spiro atoms. The Morgan fingerprint density at radius 1 is 1.05 bits per heavy atom. The number of hydrogen-bond donors (Lipinski definition) is 1. The van der Waals surface area contributed by atoms with E-state index in [4.69, 9.17) is 4.74 Å². The molecule has 0 radical (unpaired) electrons. The summed E-state index contributed by atoms with van der Waals surface area (Å²) in [6.45, 7) is 9.30. The zero-order chi connectivity index (χ0) is 15.5. The number of halogens is 1. The van der Waals surface area contributed by atoms with Gasteiger partial charge >= 0.3 is 0 Å². The largest absolute Gasteiger partial charge is 0.457 e. The van der Waals surface area contributed by atoms with Crippen LogP contribution in [-0.4, -0.2) is 5.54 Å². The zero-order valence-electron chi connectivity index (χ0n) is 13.0. The molecule has 112 valence electrons. The Balaban J connectivity index is 2.08. The molecule has 3 heteroatoms. The van der Waals surface area contributed by atoms with Crippen molar-refractivity contribution in [3.63, 3.8) is 0 Å². The highest BCUT2D eigenvalue weighted by Gasteiger charge is 2.10. The van der Waals surface area contributed by atoms with E-state index >= 15 is 0 Å². The standard InChI is InChI=1S/C18H22FNO/c1-13-10-17(21-16-7-5-6-15(19)11-16)9-8-14(13)12-20-18(2,3)4/h5-11,20H,12H2,1-4H3. The number of aryl methyl sites for hydroxylation is 1. The summed E-state index contributed by atoms with van der Waals surface area (Å²) in [5.74, 6) is 0.933. The van der Waals surface area contributed by atoms with Crippen LogP contribution >= 0.6 is 0 Å². The molecule has 0 atom stereocenters. The molecule has 2 aromatic rings. The number of benzene rings is 2. The van der Waals surface area contributed by atoms with Crippen LogP contribution < -0.4 is 10.1 Å². The zero-order valence-corrected chi connectivity index (χ0v) is 13.0. The Bertz CT molecular complexity index is 617. The van der Waals surface area contributed by atoms with Crippen molar-refractivity contribution in [3.8, 4) is 11.5 Å². The first kappa shape index (κ1) is 15.5. The molecule has 0 amide bonds. The third kappa shape index (κ3) is 4.87. The second-order valence-electron chi connectivity index (χ2n) is 6.25. The molecule has 0 aliphatic carbocycles. The van der Waals surface area contributed by atoms with Crippen molar-refractivity contribution in [3.05, 3.63) is 59.4 Å². The number of rotatable bonds is 4. The normalized spacial score (nSPS) is 11.5. The molecule has 0 saturated heterocycles. The van der Waals surface area contributed by atoms with E-state index in [0.29, 0.717) is 5.75 Å². The van der Waals surface area contributed by atoms with E-state index in [1.54, 1.807) is 12.1 Å². The van der Waals surface area contributed by atoms with Crippen LogP contribution in [0.4, 0.5) is 4.39 Å². The van der Waals surface area contributed by atoms with Gasteiger partial charge in [0.25, 0.3) is 0 Å². The molecule has 2 nitrogen and oxygen atoms in total. The highest BCUT2D eigenvalue weighted by atomic mass is 19.1. The van der Waals surface area contributed by atoms with Crippen LogP contribution in [0, 0.1) is 12.7 Å². The topological polar surface area (TPSA) is 21.3 Å². The van der Waals surface area contributed by atoms with Crippen molar-refractivity contribution in [2.75, 3.05) is 0 Å². The monoisotopic (exact) mass is 287 g/mol. The minimum atomic E-state index is -0.296. The second-order valence-corrected chi connectivity index (χ2v) is 6.25. The minimum absolute atomic E-state index is 0.0865. The maximum absolute atomic E-state index is 13.1. The second kappa shape index (κ2) is 6.27. The first-order valence-corrected chi connectivity index (χ1v) is 7.11. The molecule has 1 N–H and O–H groups in total. The average Bonchev–Trinajstić information content (AvgIpc) is 2.36. The van der Waals surface area contributed by atoms with E-state index < -0.39 is 0 Å². The molecule has 0 saturated carbocycles. The number of nitrogens with one attached hydrogen (secondary N) is 1. The van der Waals surface area contributed by atoms with E-state index in [2.05, 4.69) is 33.0 Å². The van der Waals surface area contributed by atoms with Crippen LogP contribution in [0.3, 0.4) is 0 Å². The lowest BCUT2D eigenvalue weighted by atomic mass is 10.1. The van der Waals surface area contributed by atoms with Crippen LogP contribution in [-0.2, 0) is 6.54 Å². The molecule has 2 rings (SSSR count). The van der Waals surface area contributed by atoms with Crippen molar-refractivity contribution in [2.45, 2.75) is 39.8 Å². The molecule has 0 aliphatic rings. The summed E-state index contributed by atoms with van der Waals surface area (Å²) in [5, 5.41) is 3.47. The van der Waals surface area contributed by atoms with Gasteiger partial charge in [-0.2, -0.15) is 0 Å². The van der Waals surface area contributed by atoms with Crippen LogP contribution in [0.15, 0.2) is 42.5 Å². The van der Waals surface area contributed by atoms with Crippen molar-refractivity contribution < 1.29 is 9.13 Å². The van der Waals surface area contributed by atoms with Crippen molar-refractivity contribution in [2.24, 2.45) is 0 Å². The average molecular weight is 287 g/mol. The van der Waals surface area contributed by atoms with Gasteiger partial charge in [0.05, 0.1) is 0 Å². The van der Waals surface area contributed by atoms with E-state index in [1.807, 2.05) is 18.2 Å². The van der Waals surface area contributed by atoms with Gasteiger partial charge in [0.15, 0.2) is 0 Å². The van der Waals surface area contributed by atoms with Gasteiger partial charge < -0.3 is 10.1 Å². The molecule has 21 heavy (non-hydrogen) atoms. The van der Waals surface area contributed by atoms with Crippen molar-refractivity contribution >= 4 is 0 Å². The van der Waals surface area contributed by atoms with Gasteiger partial charge in [-0.3, -0.25) is 0 Å². The molecular weight excluding hydrogens is 265 g/mol. The Morgan fingerprint density at radius 2 is 1.76 bits per heavy atom. The number of ether oxygens (including phenoxy) is 1. The first-order valence-electron chi connectivity index (χ1n) is 7.11. The summed E-state index contributed by atoms with van der Waals surface area (Å²) in [4.78, 5) is 0. The van der Waals surface area contributed by atoms with Gasteiger partial charge in [-0.25, -0.2) is 4.39 Å². The van der Waals surface area contributed by atoms with Gasteiger partial charge in [0.2, 0.25) is 0 Å².